The van der Waals surface area contributed by atoms with Gasteiger partial charge < -0.3 is 0 Å². The fourth-order valence-electron chi connectivity index (χ4n) is 6.15. The molecule has 1 heteroatoms. The van der Waals surface area contributed by atoms with Gasteiger partial charge in [-0.05, 0) is 53.3 Å². The van der Waals surface area contributed by atoms with Crippen molar-refractivity contribution in [1.82, 2.24) is 0 Å². The second-order valence-electron chi connectivity index (χ2n) is 8.79. The molecule has 0 N–H and O–H groups in total. The van der Waals surface area contributed by atoms with E-state index in [0.29, 0.717) is 0 Å². The van der Waals surface area contributed by atoms with E-state index in [-0.39, 0.29) is 11.0 Å². The molecule has 0 radical (unpaired) electrons. The van der Waals surface area contributed by atoms with Gasteiger partial charge in [0.15, 0.2) is 11.7 Å². The summed E-state index contributed by atoms with van der Waals surface area (Å²) in [5.41, 5.74) is 4.45. The van der Waals surface area contributed by atoms with Crippen LogP contribution in [0.5, 0.6) is 0 Å². The third-order valence-electron chi connectivity index (χ3n) is 7.96. The molecular weight excluding hydrogens is 350 g/mol. The molecule has 0 saturated carbocycles. The Bertz CT molecular complexity index is 1230. The topological polar surface area (TPSA) is 3.88 Å². The lowest BCUT2D eigenvalue weighted by molar-refractivity contribution is -0.768. The summed E-state index contributed by atoms with van der Waals surface area (Å²) in [6.45, 7) is 9.61. The molecule has 1 unspecified atom stereocenters. The molecule has 3 aromatic carbocycles. The van der Waals surface area contributed by atoms with Crippen molar-refractivity contribution in [2.75, 3.05) is 0 Å². The van der Waals surface area contributed by atoms with Crippen LogP contribution in [0.25, 0.3) is 32.8 Å². The van der Waals surface area contributed by atoms with Gasteiger partial charge in [-0.25, -0.2) is 0 Å². The zero-order valence-electron chi connectivity index (χ0n) is 18.0. The maximum atomic E-state index is 2.63. The van der Waals surface area contributed by atoms with Gasteiger partial charge in [0, 0.05) is 18.9 Å². The van der Waals surface area contributed by atoms with E-state index in [1.807, 2.05) is 0 Å². The molecule has 1 aromatic heterocycles. The minimum Gasteiger partial charge on any atom is -0.192 e. The van der Waals surface area contributed by atoms with Crippen LogP contribution in [0.15, 0.2) is 72.9 Å². The summed E-state index contributed by atoms with van der Waals surface area (Å²) in [5.74, 6) is 0. The van der Waals surface area contributed by atoms with Crippen LogP contribution in [0.4, 0.5) is 0 Å². The van der Waals surface area contributed by atoms with Crippen LogP contribution >= 0.6 is 0 Å². The molecule has 0 saturated heterocycles. The average Bonchev–Trinajstić information content (AvgIpc) is 2.78. The van der Waals surface area contributed by atoms with Gasteiger partial charge in [-0.2, -0.15) is 4.57 Å². The fourth-order valence-corrected chi connectivity index (χ4v) is 6.15. The van der Waals surface area contributed by atoms with Crippen LogP contribution in [0.2, 0.25) is 0 Å². The van der Waals surface area contributed by atoms with E-state index >= 15 is 0 Å². The number of hydrogen-bond donors (Lipinski definition) is 0. The summed E-state index contributed by atoms with van der Waals surface area (Å²) in [6, 6.07) is 24.9. The van der Waals surface area contributed by atoms with Crippen LogP contribution in [0, 0.1) is 0 Å². The molecule has 4 aromatic rings. The molecule has 0 fully saturated rings. The van der Waals surface area contributed by atoms with Crippen molar-refractivity contribution in [3.05, 3.63) is 78.5 Å². The van der Waals surface area contributed by atoms with Crippen LogP contribution in [0.3, 0.4) is 0 Å². The minimum atomic E-state index is 0.0660. The number of hydrogen-bond acceptors (Lipinski definition) is 0. The molecule has 1 aliphatic heterocycles. The first-order valence-corrected chi connectivity index (χ1v) is 11.1. The normalized spacial score (nSPS) is 19.9. The van der Waals surface area contributed by atoms with Crippen molar-refractivity contribution >= 4 is 21.5 Å². The highest BCUT2D eigenvalue weighted by Gasteiger charge is 2.58. The maximum absolute atomic E-state index is 2.63. The highest BCUT2D eigenvalue weighted by Crippen LogP contribution is 2.52. The number of fused-ring (bicyclic) bond motifs is 6. The van der Waals surface area contributed by atoms with E-state index in [4.69, 9.17) is 0 Å². The standard InChI is InChI=1S/C28H30N/c1-5-27(4)25-19-22-14-9-8-13-21(22)18-24(25)26-23-15-11-10-12-20(23)16-17-29(26)28(27,6-2)7-3/h8-19H,5-7H2,1-4H3/q+1. The summed E-state index contributed by atoms with van der Waals surface area (Å²) >= 11 is 0. The minimum absolute atomic E-state index is 0.0660. The molecule has 2 heterocycles. The van der Waals surface area contributed by atoms with Crippen molar-refractivity contribution in [2.24, 2.45) is 0 Å². The number of aromatic nitrogens is 1. The summed E-state index contributed by atoms with van der Waals surface area (Å²) in [7, 11) is 0. The zero-order chi connectivity index (χ0) is 20.2. The van der Waals surface area contributed by atoms with Gasteiger partial charge in [0.25, 0.3) is 0 Å². The monoisotopic (exact) mass is 380 g/mol. The SMILES string of the molecule is CCC1(C)c2cc3ccccc3cc2-c2c3ccccc3cc[n+]2C1(CC)CC. The number of pyridine rings is 1. The number of nitrogens with zero attached hydrogens (tertiary/aromatic N) is 1. The summed E-state index contributed by atoms with van der Waals surface area (Å²) < 4.78 is 2.63. The molecule has 1 nitrogen and oxygen atoms in total. The Morgan fingerprint density at radius 3 is 2.00 bits per heavy atom. The predicted octanol–water partition coefficient (Wildman–Crippen LogP) is 7.14. The van der Waals surface area contributed by atoms with Crippen molar-refractivity contribution in [3.63, 3.8) is 0 Å². The average molecular weight is 381 g/mol. The van der Waals surface area contributed by atoms with Gasteiger partial charge in [0.05, 0.1) is 16.4 Å². The molecule has 0 bridgehead atoms. The second kappa shape index (κ2) is 6.42. The van der Waals surface area contributed by atoms with Crippen LogP contribution in [-0.2, 0) is 11.0 Å². The predicted molar refractivity (Wildman–Crippen MR) is 123 cm³/mol. The lowest BCUT2D eigenvalue weighted by Crippen LogP contribution is -2.68. The highest BCUT2D eigenvalue weighted by molar-refractivity contribution is 5.97. The lowest BCUT2D eigenvalue weighted by atomic mass is 9.58. The van der Waals surface area contributed by atoms with Crippen LogP contribution < -0.4 is 4.57 Å². The second-order valence-corrected chi connectivity index (χ2v) is 8.79. The van der Waals surface area contributed by atoms with Gasteiger partial charge in [-0.15, -0.1) is 0 Å². The van der Waals surface area contributed by atoms with E-state index in [2.05, 4.69) is 105 Å². The van der Waals surface area contributed by atoms with E-state index in [0.717, 1.165) is 19.3 Å². The fraction of sp³-hybridized carbons (Fsp3) is 0.321. The molecule has 0 amide bonds. The first kappa shape index (κ1) is 18.4. The van der Waals surface area contributed by atoms with E-state index in [9.17, 15) is 0 Å². The Morgan fingerprint density at radius 2 is 1.34 bits per heavy atom. The molecule has 1 atom stereocenters. The molecule has 0 spiro atoms. The summed E-state index contributed by atoms with van der Waals surface area (Å²) in [4.78, 5) is 0. The van der Waals surface area contributed by atoms with Gasteiger partial charge in [-0.1, -0.05) is 63.2 Å². The Kier molecular flexibility index (Phi) is 4.07. The first-order valence-electron chi connectivity index (χ1n) is 11.1. The van der Waals surface area contributed by atoms with E-state index in [1.165, 1.54) is 38.4 Å². The van der Waals surface area contributed by atoms with Crippen molar-refractivity contribution in [1.29, 1.82) is 0 Å². The molecule has 1 aliphatic rings. The Labute approximate surface area is 174 Å². The van der Waals surface area contributed by atoms with Crippen LogP contribution in [0.1, 0.15) is 52.5 Å². The molecular formula is C28H30N+. The molecule has 29 heavy (non-hydrogen) atoms. The quantitative estimate of drug-likeness (QED) is 0.332. The zero-order valence-corrected chi connectivity index (χ0v) is 18.0. The van der Waals surface area contributed by atoms with Crippen molar-refractivity contribution in [3.8, 4) is 11.3 Å². The van der Waals surface area contributed by atoms with Gasteiger partial charge in [-0.3, -0.25) is 0 Å². The van der Waals surface area contributed by atoms with Crippen LogP contribution in [-0.4, -0.2) is 0 Å². The Hall–Kier alpha value is -2.67. The summed E-state index contributed by atoms with van der Waals surface area (Å²) in [5, 5.41) is 5.35. The molecule has 0 aliphatic carbocycles. The van der Waals surface area contributed by atoms with Gasteiger partial charge in [0.2, 0.25) is 5.69 Å². The lowest BCUT2D eigenvalue weighted by Gasteiger charge is -2.48. The van der Waals surface area contributed by atoms with Gasteiger partial charge >= 0.3 is 0 Å². The highest BCUT2D eigenvalue weighted by atomic mass is 15.1. The first-order chi connectivity index (χ1) is 14.1. The number of rotatable bonds is 3. The Morgan fingerprint density at radius 1 is 0.724 bits per heavy atom. The molecule has 5 rings (SSSR count). The third kappa shape index (κ3) is 2.25. The number of benzene rings is 3. The van der Waals surface area contributed by atoms with Crippen molar-refractivity contribution < 1.29 is 4.57 Å². The third-order valence-corrected chi connectivity index (χ3v) is 7.96. The van der Waals surface area contributed by atoms with Gasteiger partial charge in [0.1, 0.15) is 0 Å². The smallest absolute Gasteiger partial charge is 0.192 e. The summed E-state index contributed by atoms with van der Waals surface area (Å²) in [6.07, 6.45) is 5.72. The largest absolute Gasteiger partial charge is 0.221 e. The maximum Gasteiger partial charge on any atom is 0.221 e. The van der Waals surface area contributed by atoms with E-state index < -0.39 is 0 Å². The van der Waals surface area contributed by atoms with E-state index in [1.54, 1.807) is 0 Å². The molecule has 146 valence electrons. The van der Waals surface area contributed by atoms with Crippen molar-refractivity contribution in [2.45, 2.75) is 57.9 Å². The Balaban J connectivity index is 2.02.